The van der Waals surface area contributed by atoms with Gasteiger partial charge in [-0.25, -0.2) is 9.97 Å². The minimum Gasteiger partial charge on any atom is -0.444 e. The molecular formula is C29H35N5O4S2. The fourth-order valence-electron chi connectivity index (χ4n) is 5.05. The Morgan fingerprint density at radius 1 is 1.15 bits per heavy atom. The molecule has 2 aliphatic rings. The second kappa shape index (κ2) is 12.2. The van der Waals surface area contributed by atoms with Gasteiger partial charge < -0.3 is 9.73 Å². The maximum absolute atomic E-state index is 13.0. The van der Waals surface area contributed by atoms with Crippen molar-refractivity contribution in [3.63, 3.8) is 0 Å². The Morgan fingerprint density at radius 2 is 1.93 bits per heavy atom. The summed E-state index contributed by atoms with van der Waals surface area (Å²) in [6, 6.07) is 7.98. The molecule has 0 saturated carbocycles. The van der Waals surface area contributed by atoms with Crippen LogP contribution in [0, 0.1) is 5.92 Å². The number of aromatic nitrogens is 2. The molecule has 0 aliphatic carbocycles. The van der Waals surface area contributed by atoms with E-state index in [-0.39, 0.29) is 35.0 Å². The topological polar surface area (TPSA) is 117 Å². The molecule has 0 radical (unpaired) electrons. The zero-order valence-corrected chi connectivity index (χ0v) is 24.7. The van der Waals surface area contributed by atoms with Crippen molar-refractivity contribution in [3.8, 4) is 0 Å². The van der Waals surface area contributed by atoms with Gasteiger partial charge in [-0.1, -0.05) is 56.4 Å². The molecule has 3 aromatic rings. The summed E-state index contributed by atoms with van der Waals surface area (Å²) < 4.78 is 6.86. The van der Waals surface area contributed by atoms with Crippen molar-refractivity contribution in [3.05, 3.63) is 59.4 Å². The summed E-state index contributed by atoms with van der Waals surface area (Å²) >= 11 is 3.05. The summed E-state index contributed by atoms with van der Waals surface area (Å²) in [5.74, 6) is 1.39. The first kappa shape index (κ1) is 28.5. The molecule has 1 atom stereocenters. The van der Waals surface area contributed by atoms with E-state index in [1.54, 1.807) is 24.2 Å². The van der Waals surface area contributed by atoms with Gasteiger partial charge in [-0.05, 0) is 43.5 Å². The molecule has 11 heteroatoms. The van der Waals surface area contributed by atoms with E-state index in [0.717, 1.165) is 53.6 Å². The van der Waals surface area contributed by atoms with Crippen LogP contribution in [-0.4, -0.2) is 45.7 Å². The van der Waals surface area contributed by atoms with E-state index < -0.39 is 0 Å². The first-order valence-corrected chi connectivity index (χ1v) is 15.4. The van der Waals surface area contributed by atoms with Crippen LogP contribution in [0.2, 0.25) is 0 Å². The number of nitrogens with zero attached hydrogens (tertiary/aromatic N) is 3. The minimum atomic E-state index is -0.296. The van der Waals surface area contributed by atoms with Crippen LogP contribution in [0.3, 0.4) is 0 Å². The monoisotopic (exact) mass is 581 g/mol. The Balaban J connectivity index is 1.09. The first-order chi connectivity index (χ1) is 19.2. The number of thioether (sulfide) groups is 1. The van der Waals surface area contributed by atoms with Gasteiger partial charge >= 0.3 is 0 Å². The fourth-order valence-corrected chi connectivity index (χ4v) is 6.78. The smallest absolute Gasteiger partial charge is 0.234 e. The largest absolute Gasteiger partial charge is 0.444 e. The number of hydrogen-bond acceptors (Lipinski definition) is 9. The van der Waals surface area contributed by atoms with Crippen molar-refractivity contribution in [1.82, 2.24) is 20.2 Å². The molecule has 2 aliphatic heterocycles. The maximum Gasteiger partial charge on any atom is 0.234 e. The summed E-state index contributed by atoms with van der Waals surface area (Å²) in [4.78, 5) is 48.1. The van der Waals surface area contributed by atoms with Crippen LogP contribution >= 0.6 is 23.1 Å². The van der Waals surface area contributed by atoms with Crippen molar-refractivity contribution < 1.29 is 18.8 Å². The van der Waals surface area contributed by atoms with Crippen LogP contribution in [0.15, 0.2) is 45.3 Å². The number of likely N-dealkylation sites (tertiary alicyclic amines) is 1. The predicted octanol–water partition coefficient (Wildman–Crippen LogP) is 5.09. The second-order valence-corrected chi connectivity index (χ2v) is 13.7. The van der Waals surface area contributed by atoms with E-state index in [0.29, 0.717) is 29.6 Å². The zero-order valence-electron chi connectivity index (χ0n) is 23.1. The normalized spacial score (nSPS) is 19.0. The molecule has 1 aromatic carbocycles. The quantitative estimate of drug-likeness (QED) is 0.279. The number of hydrogen-bond donors (Lipinski definition) is 2. The third kappa shape index (κ3) is 7.00. The van der Waals surface area contributed by atoms with Gasteiger partial charge in [0.15, 0.2) is 5.13 Å². The lowest BCUT2D eigenvalue weighted by molar-refractivity contribution is -0.134. The number of piperidine rings is 2. The number of anilines is 1. The van der Waals surface area contributed by atoms with Crippen LogP contribution in [0.25, 0.3) is 0 Å². The number of amides is 3. The van der Waals surface area contributed by atoms with E-state index in [2.05, 4.69) is 52.3 Å². The molecule has 9 nitrogen and oxygen atoms in total. The van der Waals surface area contributed by atoms with Crippen molar-refractivity contribution in [2.75, 3.05) is 18.4 Å². The van der Waals surface area contributed by atoms with Gasteiger partial charge in [0.1, 0.15) is 5.76 Å². The van der Waals surface area contributed by atoms with Crippen LogP contribution in [0.4, 0.5) is 5.13 Å². The van der Waals surface area contributed by atoms with Gasteiger partial charge in [-0.3, -0.25) is 24.6 Å². The Morgan fingerprint density at radius 3 is 2.65 bits per heavy atom. The van der Waals surface area contributed by atoms with E-state index >= 15 is 0 Å². The minimum absolute atomic E-state index is 0.0111. The van der Waals surface area contributed by atoms with Crippen molar-refractivity contribution in [2.24, 2.45) is 5.92 Å². The lowest BCUT2D eigenvalue weighted by Crippen LogP contribution is -2.40. The molecule has 2 aromatic heterocycles. The van der Waals surface area contributed by atoms with Gasteiger partial charge in [-0.15, -0.1) is 11.8 Å². The van der Waals surface area contributed by atoms with Crippen LogP contribution in [0.5, 0.6) is 0 Å². The Bertz CT molecular complexity index is 1370. The average Bonchev–Trinajstić information content (AvgIpc) is 3.58. The number of carbonyl (C=O) groups is 3. The molecule has 3 amide bonds. The van der Waals surface area contributed by atoms with E-state index in [1.165, 1.54) is 11.3 Å². The summed E-state index contributed by atoms with van der Waals surface area (Å²) in [5, 5.41) is 6.08. The molecule has 40 heavy (non-hydrogen) atoms. The molecule has 0 bridgehead atoms. The molecule has 2 N–H and O–H groups in total. The van der Waals surface area contributed by atoms with Crippen molar-refractivity contribution in [1.29, 1.82) is 0 Å². The van der Waals surface area contributed by atoms with Gasteiger partial charge in [0.05, 0.1) is 28.3 Å². The van der Waals surface area contributed by atoms with Crippen LogP contribution < -0.4 is 10.6 Å². The average molecular weight is 582 g/mol. The number of carbonyl (C=O) groups excluding carboxylic acids is 3. The molecule has 4 heterocycles. The summed E-state index contributed by atoms with van der Waals surface area (Å²) in [6.07, 6.45) is 6.00. The lowest BCUT2D eigenvalue weighted by atomic mass is 9.87. The summed E-state index contributed by atoms with van der Waals surface area (Å²) in [6.45, 7) is 8.60. The van der Waals surface area contributed by atoms with Crippen molar-refractivity contribution in [2.45, 2.75) is 74.3 Å². The first-order valence-electron chi connectivity index (χ1n) is 13.6. The Labute approximate surface area is 242 Å². The highest BCUT2D eigenvalue weighted by atomic mass is 32.2. The molecule has 1 unspecified atom stereocenters. The van der Waals surface area contributed by atoms with Crippen molar-refractivity contribution >= 4 is 46.0 Å². The highest BCUT2D eigenvalue weighted by Gasteiger charge is 2.31. The number of benzene rings is 1. The molecule has 212 valence electrons. The third-order valence-corrected chi connectivity index (χ3v) is 9.46. The van der Waals surface area contributed by atoms with Crippen LogP contribution in [-0.2, 0) is 32.1 Å². The van der Waals surface area contributed by atoms with E-state index in [1.807, 2.05) is 18.2 Å². The summed E-state index contributed by atoms with van der Waals surface area (Å²) in [7, 11) is 0. The molecule has 0 spiro atoms. The lowest BCUT2D eigenvalue weighted by Gasteiger charge is -2.32. The molecular weight excluding hydrogens is 546 g/mol. The number of thiazole rings is 1. The fraction of sp³-hybridized carbons (Fsp3) is 0.483. The zero-order chi connectivity index (χ0) is 28.3. The number of nitrogens with one attached hydrogen (secondary N) is 2. The van der Waals surface area contributed by atoms with Gasteiger partial charge in [0, 0.05) is 24.3 Å². The molecule has 2 fully saturated rings. The molecule has 5 rings (SSSR count). The van der Waals surface area contributed by atoms with E-state index in [9.17, 15) is 14.4 Å². The standard InChI is InChI=1S/C29H35N5O4S2/c1-29(2,3)22-14-30-24(38-22)17-39-25-15-31-28(40-25)33-26(36)18-10-12-34(13-11-18)16-19-6-4-5-7-20(19)21-8-9-23(35)32-27(21)37/h4-7,14-15,18,21H,8-13,16-17H2,1-3H3,(H,31,33,36)(H,32,35,37). The SMILES string of the molecule is CC(C)(C)c1cnc(CSc2cnc(NC(=O)C3CCN(Cc4ccccc4C4CCC(=O)NC4=O)CC3)s2)o1. The highest BCUT2D eigenvalue weighted by Crippen LogP contribution is 2.33. The number of imide groups is 1. The predicted molar refractivity (Wildman–Crippen MR) is 155 cm³/mol. The van der Waals surface area contributed by atoms with Gasteiger partial charge in [0.25, 0.3) is 0 Å². The number of rotatable bonds is 8. The highest BCUT2D eigenvalue weighted by molar-refractivity contribution is 8.00. The Kier molecular flexibility index (Phi) is 8.72. The second-order valence-electron chi connectivity index (χ2n) is 11.4. The third-order valence-electron chi connectivity index (χ3n) is 7.37. The Hall–Kier alpha value is -3.02. The van der Waals surface area contributed by atoms with Crippen LogP contribution in [0.1, 0.15) is 75.2 Å². The maximum atomic E-state index is 13.0. The van der Waals surface area contributed by atoms with Gasteiger partial charge in [0.2, 0.25) is 23.6 Å². The van der Waals surface area contributed by atoms with Gasteiger partial charge in [-0.2, -0.15) is 0 Å². The number of oxazole rings is 1. The van der Waals surface area contributed by atoms with E-state index in [4.69, 9.17) is 4.42 Å². The molecule has 2 saturated heterocycles. The summed E-state index contributed by atoms with van der Waals surface area (Å²) in [5.41, 5.74) is 2.02.